The number of benzene rings is 3. The lowest BCUT2D eigenvalue weighted by molar-refractivity contribution is -0.213. The Kier molecular flexibility index (Phi) is 13.1. The van der Waals surface area contributed by atoms with Crippen molar-refractivity contribution in [1.29, 1.82) is 0 Å². The molecular formula is C38H36BrF11O5. The van der Waals surface area contributed by atoms with Crippen LogP contribution in [0.1, 0.15) is 86.2 Å². The Balaban J connectivity index is 0.000000197. The Morgan fingerprint density at radius 1 is 0.491 bits per heavy atom. The molecule has 0 amide bonds. The van der Waals surface area contributed by atoms with E-state index in [0.717, 1.165) is 50.7 Å². The van der Waals surface area contributed by atoms with Gasteiger partial charge >= 0.3 is 10.9 Å². The second-order valence-corrected chi connectivity index (χ2v) is 15.1. The number of alkyl halides is 5. The zero-order chi connectivity index (χ0) is 39.7. The van der Waals surface area contributed by atoms with Crippen LogP contribution in [0.4, 0.5) is 48.3 Å². The quantitative estimate of drug-likeness (QED) is 0.128. The topological polar surface area (TPSA) is 46.2 Å². The Morgan fingerprint density at radius 2 is 0.836 bits per heavy atom. The lowest BCUT2D eigenvalue weighted by Gasteiger charge is -2.33. The van der Waals surface area contributed by atoms with E-state index in [4.69, 9.17) is 18.9 Å². The van der Waals surface area contributed by atoms with Crippen molar-refractivity contribution >= 4 is 15.9 Å². The van der Waals surface area contributed by atoms with Gasteiger partial charge < -0.3 is 23.7 Å². The summed E-state index contributed by atoms with van der Waals surface area (Å²) in [5, 5.41) is 0. The van der Waals surface area contributed by atoms with Crippen LogP contribution in [-0.2, 0) is 29.9 Å². The molecule has 5 nitrogen and oxygen atoms in total. The third-order valence-electron chi connectivity index (χ3n) is 10.4. The Bertz CT molecular complexity index is 1730. The fourth-order valence-electron chi connectivity index (χ4n) is 7.62. The molecule has 0 spiro atoms. The van der Waals surface area contributed by atoms with E-state index < -0.39 is 81.1 Å². The average Bonchev–Trinajstić information content (AvgIpc) is 3.86. The normalized spacial score (nSPS) is 24.1. The molecule has 0 N–H and O–H groups in total. The standard InChI is InChI=1S/C22H19F7O3.C16H17BrF4O2/c23-15-5-12(21-30-9-13(10-31-21)11-3-1-2-4-11)6-16(24)19(15)22(28,29)32-14-7-17(25)20(27)18(26)8-14;17-16(20,21)14-12(18)5-10(6-13(14)19)15-22-7-11(8-23-15)9-3-1-2-4-9/h5-8,11,13,21H,1-4,9-10H2;5-6,9,11,15H,1-4,7-8H2. The molecule has 4 fully saturated rings. The van der Waals surface area contributed by atoms with Gasteiger partial charge in [-0.1, -0.05) is 51.4 Å². The van der Waals surface area contributed by atoms with Crippen molar-refractivity contribution in [2.24, 2.45) is 23.7 Å². The highest BCUT2D eigenvalue weighted by Crippen LogP contribution is 2.42. The molecule has 2 heterocycles. The summed E-state index contributed by atoms with van der Waals surface area (Å²) in [6.07, 6.45) is 2.44. The fourth-order valence-corrected chi connectivity index (χ4v) is 8.00. The summed E-state index contributed by atoms with van der Waals surface area (Å²) in [5.74, 6) is -11.1. The number of halogens is 12. The van der Waals surface area contributed by atoms with Crippen LogP contribution in [0.2, 0.25) is 0 Å². The molecule has 0 atom stereocenters. The molecule has 3 aromatic carbocycles. The third-order valence-corrected chi connectivity index (χ3v) is 10.8. The minimum Gasteiger partial charge on any atom is -0.429 e. The molecular weight excluding hydrogens is 825 g/mol. The van der Waals surface area contributed by atoms with Crippen molar-refractivity contribution in [3.63, 3.8) is 0 Å². The fraction of sp³-hybridized carbons (Fsp3) is 0.526. The highest BCUT2D eigenvalue weighted by atomic mass is 79.9. The summed E-state index contributed by atoms with van der Waals surface area (Å²) in [7, 11) is 0. The van der Waals surface area contributed by atoms with E-state index in [0.29, 0.717) is 50.4 Å². The molecule has 2 saturated carbocycles. The second-order valence-electron chi connectivity index (χ2n) is 14.1. The predicted octanol–water partition coefficient (Wildman–Crippen LogP) is 11.6. The summed E-state index contributed by atoms with van der Waals surface area (Å²) < 4.78 is 178. The lowest BCUT2D eigenvalue weighted by Crippen LogP contribution is -2.32. The maximum absolute atomic E-state index is 14.5. The van der Waals surface area contributed by atoms with Crippen molar-refractivity contribution in [3.05, 3.63) is 99.4 Å². The Morgan fingerprint density at radius 3 is 1.18 bits per heavy atom. The van der Waals surface area contributed by atoms with Gasteiger partial charge in [0.15, 0.2) is 30.0 Å². The maximum atomic E-state index is 14.5. The van der Waals surface area contributed by atoms with Crippen LogP contribution in [-0.4, -0.2) is 26.4 Å². The van der Waals surface area contributed by atoms with Crippen molar-refractivity contribution < 1.29 is 72.0 Å². The molecule has 2 aliphatic heterocycles. The van der Waals surface area contributed by atoms with Gasteiger partial charge in [-0.05, 0) is 52.0 Å². The molecule has 0 aromatic heterocycles. The van der Waals surface area contributed by atoms with Crippen LogP contribution < -0.4 is 4.74 Å². The van der Waals surface area contributed by atoms with Crippen LogP contribution in [0.25, 0.3) is 0 Å². The first-order valence-corrected chi connectivity index (χ1v) is 18.5. The molecule has 4 aliphatic rings. The number of ether oxygens (including phenoxy) is 5. The van der Waals surface area contributed by atoms with Crippen molar-refractivity contribution in [3.8, 4) is 5.75 Å². The molecule has 2 aliphatic carbocycles. The predicted molar refractivity (Wildman–Crippen MR) is 177 cm³/mol. The van der Waals surface area contributed by atoms with Crippen LogP contribution in [0.3, 0.4) is 0 Å². The van der Waals surface area contributed by atoms with Crippen LogP contribution in [0.15, 0.2) is 36.4 Å². The molecule has 0 radical (unpaired) electrons. The molecule has 2 saturated heterocycles. The van der Waals surface area contributed by atoms with E-state index in [-0.39, 0.29) is 35.1 Å². The maximum Gasteiger partial charge on any atom is 0.432 e. The monoisotopic (exact) mass is 860 g/mol. The Labute approximate surface area is 317 Å². The van der Waals surface area contributed by atoms with Crippen molar-refractivity contribution in [1.82, 2.24) is 0 Å². The zero-order valence-electron chi connectivity index (χ0n) is 29.0. The molecule has 3 aromatic rings. The summed E-state index contributed by atoms with van der Waals surface area (Å²) in [4.78, 5) is -3.76. The van der Waals surface area contributed by atoms with Crippen molar-refractivity contribution in [2.75, 3.05) is 26.4 Å². The average molecular weight is 862 g/mol. The first kappa shape index (κ1) is 41.6. The van der Waals surface area contributed by atoms with E-state index in [2.05, 4.69) is 4.74 Å². The molecule has 17 heteroatoms. The summed E-state index contributed by atoms with van der Waals surface area (Å²) in [5.41, 5.74) is -3.14. The minimum absolute atomic E-state index is 0.0744. The van der Waals surface area contributed by atoms with Gasteiger partial charge in [-0.2, -0.15) is 17.6 Å². The second kappa shape index (κ2) is 17.2. The summed E-state index contributed by atoms with van der Waals surface area (Å²) >= 11 is 1.98. The third kappa shape index (κ3) is 9.77. The first-order valence-electron chi connectivity index (χ1n) is 17.7. The smallest absolute Gasteiger partial charge is 0.429 e. The highest BCUT2D eigenvalue weighted by Gasteiger charge is 2.43. The highest BCUT2D eigenvalue weighted by molar-refractivity contribution is 9.09. The van der Waals surface area contributed by atoms with Gasteiger partial charge in [-0.3, -0.25) is 0 Å². The van der Waals surface area contributed by atoms with E-state index in [9.17, 15) is 48.3 Å². The van der Waals surface area contributed by atoms with Gasteiger partial charge in [-0.15, -0.1) is 0 Å². The van der Waals surface area contributed by atoms with Crippen LogP contribution in [0, 0.1) is 64.4 Å². The molecule has 7 rings (SSSR count). The first-order chi connectivity index (χ1) is 26.0. The van der Waals surface area contributed by atoms with E-state index in [1.165, 1.54) is 12.8 Å². The van der Waals surface area contributed by atoms with Gasteiger partial charge in [0.25, 0.3) is 0 Å². The number of hydrogen-bond donors (Lipinski definition) is 0. The van der Waals surface area contributed by atoms with Gasteiger partial charge in [-0.25, -0.2) is 30.7 Å². The SMILES string of the molecule is Fc1cc(C2OCC(C3CCCC3)CO2)cc(F)c1C(F)(F)Br.Fc1cc(OC(F)(F)c2c(F)cc(C3OCC(C4CCCC4)CO3)cc2F)cc(F)c1F. The van der Waals surface area contributed by atoms with E-state index >= 15 is 0 Å². The van der Waals surface area contributed by atoms with Crippen molar-refractivity contribution in [2.45, 2.75) is 74.9 Å². The lowest BCUT2D eigenvalue weighted by atomic mass is 9.91. The molecule has 0 bridgehead atoms. The number of hydrogen-bond acceptors (Lipinski definition) is 5. The molecule has 302 valence electrons. The minimum atomic E-state index is -4.65. The van der Waals surface area contributed by atoms with E-state index in [1.54, 1.807) is 0 Å². The summed E-state index contributed by atoms with van der Waals surface area (Å²) in [6, 6.07) is 3.22. The molecule has 55 heavy (non-hydrogen) atoms. The Hall–Kier alpha value is -2.99. The van der Waals surface area contributed by atoms with E-state index in [1.807, 2.05) is 15.9 Å². The number of rotatable bonds is 8. The van der Waals surface area contributed by atoms with Crippen LogP contribution >= 0.6 is 15.9 Å². The summed E-state index contributed by atoms with van der Waals surface area (Å²) in [6.45, 7) is 1.55. The largest absolute Gasteiger partial charge is 0.432 e. The van der Waals surface area contributed by atoms with Gasteiger partial charge in [0.1, 0.15) is 40.1 Å². The van der Waals surface area contributed by atoms with Gasteiger partial charge in [0.05, 0.1) is 26.4 Å². The molecule has 0 unspecified atom stereocenters. The zero-order valence-corrected chi connectivity index (χ0v) is 30.6. The van der Waals surface area contributed by atoms with Crippen LogP contribution in [0.5, 0.6) is 5.75 Å². The van der Waals surface area contributed by atoms with Gasteiger partial charge in [0, 0.05) is 35.1 Å². The van der Waals surface area contributed by atoms with Gasteiger partial charge in [0.2, 0.25) is 0 Å².